The van der Waals surface area contributed by atoms with Crippen molar-refractivity contribution in [3.8, 4) is 0 Å². The monoisotopic (exact) mass is 312 g/mol. The fraction of sp³-hybridized carbons (Fsp3) is 0.235. The van der Waals surface area contributed by atoms with Gasteiger partial charge in [0.25, 0.3) is 0 Å². The molecule has 0 aliphatic heterocycles. The van der Waals surface area contributed by atoms with Crippen molar-refractivity contribution in [2.24, 2.45) is 5.10 Å². The van der Waals surface area contributed by atoms with Crippen LogP contribution in [0.4, 0.5) is 5.69 Å². The average Bonchev–Trinajstić information content (AvgIpc) is 2.55. The zero-order valence-corrected chi connectivity index (χ0v) is 13.4. The number of aromatic nitrogens is 1. The molecule has 0 amide bonds. The number of anilines is 1. The van der Waals surface area contributed by atoms with Crippen molar-refractivity contribution in [1.82, 2.24) is 10.4 Å². The third kappa shape index (κ3) is 5.61. The standard InChI is InChI=1S/C17H20N4S/c1-2-3-4-14-5-7-16(8-6-14)20-17(22)21-19-13-15-9-11-18-12-10-15/h5-13H,2-4H2,1H3,(H2,20,21,22)/b19-13-. The molecule has 0 spiro atoms. The Balaban J connectivity index is 1.80. The summed E-state index contributed by atoms with van der Waals surface area (Å²) < 4.78 is 0. The zero-order valence-electron chi connectivity index (χ0n) is 12.6. The van der Waals surface area contributed by atoms with Gasteiger partial charge in [-0.15, -0.1) is 0 Å². The van der Waals surface area contributed by atoms with E-state index in [0.29, 0.717) is 5.11 Å². The number of benzene rings is 1. The molecular weight excluding hydrogens is 292 g/mol. The summed E-state index contributed by atoms with van der Waals surface area (Å²) in [4.78, 5) is 3.95. The maximum Gasteiger partial charge on any atom is 0.191 e. The van der Waals surface area contributed by atoms with Crippen molar-refractivity contribution < 1.29 is 0 Å². The van der Waals surface area contributed by atoms with Crippen LogP contribution in [-0.4, -0.2) is 16.3 Å². The summed E-state index contributed by atoms with van der Waals surface area (Å²) in [6.45, 7) is 2.20. The molecule has 114 valence electrons. The lowest BCUT2D eigenvalue weighted by Gasteiger charge is -2.08. The van der Waals surface area contributed by atoms with Gasteiger partial charge in [-0.25, -0.2) is 0 Å². The first-order chi connectivity index (χ1) is 10.8. The first-order valence-electron chi connectivity index (χ1n) is 7.37. The van der Waals surface area contributed by atoms with Crippen LogP contribution in [-0.2, 0) is 6.42 Å². The number of hydrogen-bond acceptors (Lipinski definition) is 3. The first kappa shape index (κ1) is 16.1. The van der Waals surface area contributed by atoms with E-state index in [2.05, 4.69) is 39.9 Å². The van der Waals surface area contributed by atoms with Crippen LogP contribution in [0.2, 0.25) is 0 Å². The van der Waals surface area contributed by atoms with Gasteiger partial charge in [0.1, 0.15) is 0 Å². The first-order valence-corrected chi connectivity index (χ1v) is 7.78. The fourth-order valence-corrected chi connectivity index (χ4v) is 2.08. The number of pyridine rings is 1. The van der Waals surface area contributed by atoms with Crippen LogP contribution in [0.3, 0.4) is 0 Å². The molecule has 2 N–H and O–H groups in total. The number of thiocarbonyl (C=S) groups is 1. The van der Waals surface area contributed by atoms with Crippen molar-refractivity contribution in [2.45, 2.75) is 26.2 Å². The zero-order chi connectivity index (χ0) is 15.6. The van der Waals surface area contributed by atoms with Crippen molar-refractivity contribution in [3.63, 3.8) is 0 Å². The summed E-state index contributed by atoms with van der Waals surface area (Å²) in [5.74, 6) is 0. The predicted molar refractivity (Wildman–Crippen MR) is 96.2 cm³/mol. The number of rotatable bonds is 6. The maximum atomic E-state index is 5.21. The summed E-state index contributed by atoms with van der Waals surface area (Å²) >= 11 is 5.21. The molecule has 0 aliphatic carbocycles. The van der Waals surface area contributed by atoms with Gasteiger partial charge in [0, 0.05) is 18.1 Å². The Bertz CT molecular complexity index is 608. The maximum absolute atomic E-state index is 5.21. The highest BCUT2D eigenvalue weighted by molar-refractivity contribution is 7.80. The summed E-state index contributed by atoms with van der Waals surface area (Å²) in [7, 11) is 0. The second kappa shape index (κ2) is 8.89. The minimum Gasteiger partial charge on any atom is -0.331 e. The lowest BCUT2D eigenvalue weighted by Crippen LogP contribution is -2.23. The smallest absolute Gasteiger partial charge is 0.191 e. The Morgan fingerprint density at radius 3 is 2.59 bits per heavy atom. The Hall–Kier alpha value is -2.27. The summed E-state index contributed by atoms with van der Waals surface area (Å²) in [6, 6.07) is 12.1. The van der Waals surface area contributed by atoms with E-state index in [4.69, 9.17) is 12.2 Å². The number of nitrogens with one attached hydrogen (secondary N) is 2. The molecule has 0 bridgehead atoms. The van der Waals surface area contributed by atoms with Gasteiger partial charge in [-0.05, 0) is 60.5 Å². The van der Waals surface area contributed by atoms with Gasteiger partial charge in [0.2, 0.25) is 0 Å². The van der Waals surface area contributed by atoms with E-state index >= 15 is 0 Å². The minimum absolute atomic E-state index is 0.464. The predicted octanol–water partition coefficient (Wildman–Crippen LogP) is 3.74. The highest BCUT2D eigenvalue weighted by Crippen LogP contribution is 2.11. The molecule has 0 fully saturated rings. The normalized spacial score (nSPS) is 10.6. The summed E-state index contributed by atoms with van der Waals surface area (Å²) in [5.41, 5.74) is 6.07. The molecular formula is C17H20N4S. The van der Waals surface area contributed by atoms with Gasteiger partial charge in [-0.2, -0.15) is 5.10 Å². The molecule has 0 saturated carbocycles. The van der Waals surface area contributed by atoms with Crippen LogP contribution in [0.1, 0.15) is 30.9 Å². The van der Waals surface area contributed by atoms with Gasteiger partial charge in [0.05, 0.1) is 6.21 Å². The molecule has 0 saturated heterocycles. The molecule has 1 aromatic heterocycles. The third-order valence-corrected chi connectivity index (χ3v) is 3.31. The second-order valence-electron chi connectivity index (χ2n) is 4.91. The Labute approximate surface area is 136 Å². The molecule has 4 nitrogen and oxygen atoms in total. The van der Waals surface area contributed by atoms with Crippen molar-refractivity contribution in [2.75, 3.05) is 5.32 Å². The van der Waals surface area contributed by atoms with Crippen molar-refractivity contribution in [1.29, 1.82) is 0 Å². The van der Waals surface area contributed by atoms with Crippen LogP contribution >= 0.6 is 12.2 Å². The molecule has 1 aromatic carbocycles. The third-order valence-electron chi connectivity index (χ3n) is 3.12. The molecule has 0 radical (unpaired) electrons. The van der Waals surface area contributed by atoms with E-state index in [-0.39, 0.29) is 0 Å². The van der Waals surface area contributed by atoms with Crippen LogP contribution < -0.4 is 10.7 Å². The largest absolute Gasteiger partial charge is 0.331 e. The second-order valence-corrected chi connectivity index (χ2v) is 5.31. The van der Waals surface area contributed by atoms with Gasteiger partial charge in [-0.1, -0.05) is 25.5 Å². The van der Waals surface area contributed by atoms with Gasteiger partial charge in [0.15, 0.2) is 5.11 Å². The topological polar surface area (TPSA) is 49.3 Å². The van der Waals surface area contributed by atoms with E-state index in [1.165, 1.54) is 18.4 Å². The SMILES string of the molecule is CCCCc1ccc(NC(=S)N/N=C\c2ccncc2)cc1. The molecule has 0 atom stereocenters. The number of nitrogens with zero attached hydrogens (tertiary/aromatic N) is 2. The lowest BCUT2D eigenvalue weighted by atomic mass is 10.1. The quantitative estimate of drug-likeness (QED) is 0.484. The number of aryl methyl sites for hydroxylation is 1. The van der Waals surface area contributed by atoms with Gasteiger partial charge in [-0.3, -0.25) is 10.4 Å². The fourth-order valence-electron chi connectivity index (χ4n) is 1.91. The van der Waals surface area contributed by atoms with Crippen LogP contribution in [0.15, 0.2) is 53.9 Å². The van der Waals surface area contributed by atoms with E-state index in [9.17, 15) is 0 Å². The number of hydrogen-bond donors (Lipinski definition) is 2. The van der Waals surface area contributed by atoms with E-state index in [1.54, 1.807) is 18.6 Å². The van der Waals surface area contributed by atoms with Gasteiger partial charge < -0.3 is 5.32 Å². The van der Waals surface area contributed by atoms with Crippen molar-refractivity contribution in [3.05, 3.63) is 59.9 Å². The Morgan fingerprint density at radius 2 is 1.91 bits per heavy atom. The molecule has 0 aliphatic rings. The molecule has 1 heterocycles. The molecule has 2 aromatic rings. The molecule has 5 heteroatoms. The number of unbranched alkanes of at least 4 members (excludes halogenated alkanes) is 1. The lowest BCUT2D eigenvalue weighted by molar-refractivity contribution is 0.795. The minimum atomic E-state index is 0.464. The van der Waals surface area contributed by atoms with E-state index in [1.807, 2.05) is 24.3 Å². The van der Waals surface area contributed by atoms with E-state index < -0.39 is 0 Å². The van der Waals surface area contributed by atoms with Gasteiger partial charge >= 0.3 is 0 Å². The van der Waals surface area contributed by atoms with E-state index in [0.717, 1.165) is 17.7 Å². The average molecular weight is 312 g/mol. The van der Waals surface area contributed by atoms with Crippen LogP contribution in [0.5, 0.6) is 0 Å². The highest BCUT2D eigenvalue weighted by atomic mass is 32.1. The van der Waals surface area contributed by atoms with Crippen LogP contribution in [0.25, 0.3) is 0 Å². The summed E-state index contributed by atoms with van der Waals surface area (Å²) in [6.07, 6.45) is 8.69. The molecule has 0 unspecified atom stereocenters. The molecule has 2 rings (SSSR count). The van der Waals surface area contributed by atoms with Crippen molar-refractivity contribution >= 4 is 29.2 Å². The van der Waals surface area contributed by atoms with Crippen LogP contribution in [0, 0.1) is 0 Å². The highest BCUT2D eigenvalue weighted by Gasteiger charge is 1.97. The summed E-state index contributed by atoms with van der Waals surface area (Å²) in [5, 5.41) is 7.66. The number of hydrazone groups is 1. The Morgan fingerprint density at radius 1 is 1.18 bits per heavy atom. The Kier molecular flexibility index (Phi) is 6.51. The molecule has 22 heavy (non-hydrogen) atoms.